The third kappa shape index (κ3) is 4.38. The number of amides is 1. The minimum Gasteiger partial charge on any atom is -0.493 e. The molecule has 1 aromatic heterocycles. The number of thiocarbonyl (C=S) groups is 1. The average molecular weight is 451 g/mol. The van der Waals surface area contributed by atoms with Gasteiger partial charge in [0.05, 0.1) is 12.0 Å². The first kappa shape index (κ1) is 21.2. The van der Waals surface area contributed by atoms with E-state index in [-0.39, 0.29) is 5.91 Å². The van der Waals surface area contributed by atoms with Crippen molar-refractivity contribution in [3.63, 3.8) is 0 Å². The second-order valence-electron chi connectivity index (χ2n) is 7.11. The fourth-order valence-corrected chi connectivity index (χ4v) is 4.63. The van der Waals surface area contributed by atoms with Gasteiger partial charge in [0.1, 0.15) is 6.61 Å². The number of hydrogen-bond acceptors (Lipinski definition) is 5. The van der Waals surface area contributed by atoms with Crippen LogP contribution in [0.1, 0.15) is 22.5 Å². The maximum absolute atomic E-state index is 13.1. The molecular weight excluding hydrogens is 428 g/mol. The van der Waals surface area contributed by atoms with E-state index in [1.54, 1.807) is 12.1 Å². The van der Waals surface area contributed by atoms with E-state index in [9.17, 15) is 4.79 Å². The molecule has 4 rings (SSSR count). The molecule has 3 aromatic rings. The van der Waals surface area contributed by atoms with E-state index in [1.165, 1.54) is 11.8 Å². The summed E-state index contributed by atoms with van der Waals surface area (Å²) in [6.45, 7) is 4.35. The number of aryl methyl sites for hydroxylation is 2. The van der Waals surface area contributed by atoms with Gasteiger partial charge in [0.25, 0.3) is 5.91 Å². The number of carbonyl (C=O) groups excluding carboxylic acids is 1. The Labute approximate surface area is 191 Å². The number of ether oxygens (including phenoxy) is 2. The Kier molecular flexibility index (Phi) is 6.15. The lowest BCUT2D eigenvalue weighted by Gasteiger charge is -2.20. The molecule has 31 heavy (non-hydrogen) atoms. The molecule has 1 saturated heterocycles. The second-order valence-corrected chi connectivity index (χ2v) is 8.78. The van der Waals surface area contributed by atoms with Gasteiger partial charge in [0, 0.05) is 11.4 Å². The molecule has 0 unspecified atom stereocenters. The van der Waals surface area contributed by atoms with Gasteiger partial charge in [-0.3, -0.25) is 9.47 Å². The van der Waals surface area contributed by atoms with Crippen LogP contribution in [-0.4, -0.2) is 22.0 Å². The number of nitrogens with zero attached hydrogens (tertiary/aromatic N) is 2. The molecule has 0 atom stereocenters. The average Bonchev–Trinajstić information content (AvgIpc) is 3.24. The summed E-state index contributed by atoms with van der Waals surface area (Å²) >= 11 is 6.78. The summed E-state index contributed by atoms with van der Waals surface area (Å²) in [5, 5.41) is 1.55. The van der Waals surface area contributed by atoms with Gasteiger partial charge in [-0.25, -0.2) is 0 Å². The van der Waals surface area contributed by atoms with Gasteiger partial charge >= 0.3 is 0 Å². The lowest BCUT2D eigenvalue weighted by atomic mass is 10.2. The van der Waals surface area contributed by atoms with E-state index in [2.05, 4.69) is 0 Å². The van der Waals surface area contributed by atoms with Crippen LogP contribution in [0.15, 0.2) is 65.6 Å². The standard InChI is InChI=1S/C24H22N2O3S2/c1-16-9-10-17(2)25(16)26-23(27)22(31-24(26)30)14-19-11-12-20(21(13-19)28-3)29-15-18-7-5-4-6-8-18/h4-14H,15H2,1-3H3/b22-14+. The zero-order valence-electron chi connectivity index (χ0n) is 17.5. The first-order chi connectivity index (χ1) is 15.0. The quantitative estimate of drug-likeness (QED) is 0.380. The highest BCUT2D eigenvalue weighted by molar-refractivity contribution is 8.27. The van der Waals surface area contributed by atoms with E-state index in [0.29, 0.717) is 27.3 Å². The largest absolute Gasteiger partial charge is 0.493 e. The number of benzene rings is 2. The van der Waals surface area contributed by atoms with Crippen molar-refractivity contribution in [3.05, 3.63) is 88.1 Å². The van der Waals surface area contributed by atoms with Crippen molar-refractivity contribution in [2.45, 2.75) is 20.5 Å². The molecule has 0 radical (unpaired) electrons. The van der Waals surface area contributed by atoms with Crippen LogP contribution < -0.4 is 14.5 Å². The third-order valence-electron chi connectivity index (χ3n) is 4.93. The van der Waals surface area contributed by atoms with Crippen LogP contribution in [0.3, 0.4) is 0 Å². The molecule has 0 bridgehead atoms. The van der Waals surface area contributed by atoms with Gasteiger partial charge in [-0.15, -0.1) is 0 Å². The molecule has 2 aromatic carbocycles. The molecule has 1 aliphatic rings. The van der Waals surface area contributed by atoms with Gasteiger partial charge in [-0.1, -0.05) is 48.2 Å². The fraction of sp³-hybridized carbons (Fsp3) is 0.167. The summed E-state index contributed by atoms with van der Waals surface area (Å²) in [4.78, 5) is 13.6. The predicted octanol–water partition coefficient (Wildman–Crippen LogP) is 5.23. The summed E-state index contributed by atoms with van der Waals surface area (Å²) in [5.74, 6) is 1.12. The van der Waals surface area contributed by atoms with Gasteiger partial charge in [0.15, 0.2) is 15.8 Å². The smallest absolute Gasteiger partial charge is 0.285 e. The van der Waals surface area contributed by atoms with Crippen molar-refractivity contribution in [3.8, 4) is 11.5 Å². The molecule has 1 fully saturated rings. The molecule has 0 saturated carbocycles. The number of aromatic nitrogens is 1. The monoisotopic (exact) mass is 450 g/mol. The number of methoxy groups -OCH3 is 1. The highest BCUT2D eigenvalue weighted by atomic mass is 32.2. The third-order valence-corrected chi connectivity index (χ3v) is 6.21. The van der Waals surface area contributed by atoms with Crippen LogP contribution in [0, 0.1) is 13.8 Å². The minimum absolute atomic E-state index is 0.138. The Morgan fingerprint density at radius 3 is 2.39 bits per heavy atom. The Hall–Kier alpha value is -3.03. The van der Waals surface area contributed by atoms with E-state index in [1.807, 2.05) is 85.3 Å². The van der Waals surface area contributed by atoms with Crippen LogP contribution in [0.25, 0.3) is 6.08 Å². The van der Waals surface area contributed by atoms with E-state index >= 15 is 0 Å². The zero-order chi connectivity index (χ0) is 22.0. The van der Waals surface area contributed by atoms with Gasteiger partial charge in [-0.05, 0) is 67.5 Å². The molecule has 2 heterocycles. The first-order valence-corrected chi connectivity index (χ1v) is 11.0. The Balaban J connectivity index is 1.56. The molecule has 0 aliphatic carbocycles. The molecular formula is C24H22N2O3S2. The Morgan fingerprint density at radius 1 is 1.00 bits per heavy atom. The maximum atomic E-state index is 13.1. The van der Waals surface area contributed by atoms with Crippen molar-refractivity contribution >= 4 is 40.3 Å². The molecule has 7 heteroatoms. The van der Waals surface area contributed by atoms with Crippen LogP contribution in [-0.2, 0) is 11.4 Å². The van der Waals surface area contributed by atoms with Crippen LogP contribution in [0.4, 0.5) is 0 Å². The lowest BCUT2D eigenvalue weighted by Crippen LogP contribution is -2.39. The zero-order valence-corrected chi connectivity index (χ0v) is 19.1. The molecule has 1 aliphatic heterocycles. The Morgan fingerprint density at radius 2 is 1.71 bits per heavy atom. The molecule has 158 valence electrons. The Bertz CT molecular complexity index is 1150. The van der Waals surface area contributed by atoms with Gasteiger partial charge in [-0.2, -0.15) is 5.01 Å². The summed E-state index contributed by atoms with van der Waals surface area (Å²) in [6.07, 6.45) is 1.83. The van der Waals surface area contributed by atoms with Crippen molar-refractivity contribution in [1.82, 2.24) is 4.68 Å². The SMILES string of the molecule is COc1cc(/C=C2/SC(=S)N(n3c(C)ccc3C)C2=O)ccc1OCc1ccccc1. The normalized spacial score (nSPS) is 15.1. The maximum Gasteiger partial charge on any atom is 0.285 e. The van der Waals surface area contributed by atoms with Crippen molar-refractivity contribution in [2.75, 3.05) is 12.1 Å². The predicted molar refractivity (Wildman–Crippen MR) is 129 cm³/mol. The number of thioether (sulfide) groups is 1. The van der Waals surface area contributed by atoms with Crippen LogP contribution >= 0.6 is 24.0 Å². The van der Waals surface area contributed by atoms with Gasteiger partial charge < -0.3 is 9.47 Å². The fourth-order valence-electron chi connectivity index (χ4n) is 3.39. The lowest BCUT2D eigenvalue weighted by molar-refractivity contribution is -0.114. The van der Waals surface area contributed by atoms with Crippen LogP contribution in [0.2, 0.25) is 0 Å². The molecule has 0 spiro atoms. The topological polar surface area (TPSA) is 43.7 Å². The first-order valence-electron chi connectivity index (χ1n) is 9.76. The second kappa shape index (κ2) is 8.99. The molecule has 0 N–H and O–H groups in total. The number of rotatable bonds is 6. The van der Waals surface area contributed by atoms with Crippen molar-refractivity contribution < 1.29 is 14.3 Å². The van der Waals surface area contributed by atoms with E-state index < -0.39 is 0 Å². The number of carbonyl (C=O) groups is 1. The highest BCUT2D eigenvalue weighted by Gasteiger charge is 2.34. The van der Waals surface area contributed by atoms with Crippen molar-refractivity contribution in [2.24, 2.45) is 0 Å². The highest BCUT2D eigenvalue weighted by Crippen LogP contribution is 2.35. The number of hydrogen-bond donors (Lipinski definition) is 0. The summed E-state index contributed by atoms with van der Waals surface area (Å²) in [5.41, 5.74) is 3.83. The summed E-state index contributed by atoms with van der Waals surface area (Å²) in [7, 11) is 1.60. The van der Waals surface area contributed by atoms with Crippen molar-refractivity contribution in [1.29, 1.82) is 0 Å². The van der Waals surface area contributed by atoms with Gasteiger partial charge in [0.2, 0.25) is 0 Å². The minimum atomic E-state index is -0.138. The summed E-state index contributed by atoms with van der Waals surface area (Å²) < 4.78 is 13.8. The van der Waals surface area contributed by atoms with E-state index in [0.717, 1.165) is 22.5 Å². The van der Waals surface area contributed by atoms with E-state index in [4.69, 9.17) is 21.7 Å². The van der Waals surface area contributed by atoms with Crippen LogP contribution in [0.5, 0.6) is 11.5 Å². The summed E-state index contributed by atoms with van der Waals surface area (Å²) in [6, 6.07) is 19.5. The molecule has 5 nitrogen and oxygen atoms in total. The molecule has 1 amide bonds.